The maximum absolute atomic E-state index is 13.0. The van der Waals surface area contributed by atoms with Gasteiger partial charge in [-0.25, -0.2) is 4.39 Å². The lowest BCUT2D eigenvalue weighted by Crippen LogP contribution is -2.21. The first kappa shape index (κ1) is 11.8. The molecule has 0 saturated carbocycles. The van der Waals surface area contributed by atoms with Crippen LogP contribution in [0.25, 0.3) is 0 Å². The minimum atomic E-state index is -0.224. The summed E-state index contributed by atoms with van der Waals surface area (Å²) in [6, 6.07) is 8.45. The molecule has 1 aromatic heterocycles. The van der Waals surface area contributed by atoms with Crippen LogP contribution in [0.15, 0.2) is 35.7 Å². The van der Waals surface area contributed by atoms with E-state index in [0.717, 1.165) is 5.56 Å². The Bertz CT molecular complexity index is 522. The van der Waals surface area contributed by atoms with Crippen LogP contribution in [0.4, 0.5) is 4.39 Å². The lowest BCUT2D eigenvalue weighted by molar-refractivity contribution is 0.0955. The molecule has 0 bridgehead atoms. The van der Waals surface area contributed by atoms with E-state index in [-0.39, 0.29) is 11.7 Å². The van der Waals surface area contributed by atoms with Crippen LogP contribution in [0.5, 0.6) is 0 Å². The molecule has 0 unspecified atom stereocenters. The van der Waals surface area contributed by atoms with Crippen LogP contribution in [-0.2, 0) is 6.54 Å². The highest BCUT2D eigenvalue weighted by atomic mass is 32.1. The van der Waals surface area contributed by atoms with Crippen molar-refractivity contribution in [1.29, 1.82) is 0 Å². The van der Waals surface area contributed by atoms with Crippen LogP contribution >= 0.6 is 11.3 Å². The lowest BCUT2D eigenvalue weighted by Gasteiger charge is -2.05. The zero-order valence-electron chi connectivity index (χ0n) is 9.37. The standard InChI is InChI=1S/C13H12FNOS/c1-9-7-10(4-5-11(9)14)8-15-13(16)12-3-2-6-17-12/h2-7H,8H2,1H3,(H,15,16). The van der Waals surface area contributed by atoms with Crippen LogP contribution in [-0.4, -0.2) is 5.91 Å². The Balaban J connectivity index is 1.98. The highest BCUT2D eigenvalue weighted by Crippen LogP contribution is 2.11. The molecule has 0 atom stereocenters. The number of halogens is 1. The third-order valence-corrected chi connectivity index (χ3v) is 3.29. The average molecular weight is 249 g/mol. The predicted octanol–water partition coefficient (Wildman–Crippen LogP) is 3.13. The van der Waals surface area contributed by atoms with Gasteiger partial charge in [0, 0.05) is 6.54 Å². The fourth-order valence-corrected chi connectivity index (χ4v) is 2.13. The van der Waals surface area contributed by atoms with Crippen molar-refractivity contribution in [3.05, 3.63) is 57.5 Å². The summed E-state index contributed by atoms with van der Waals surface area (Å²) < 4.78 is 13.0. The number of hydrogen-bond acceptors (Lipinski definition) is 2. The smallest absolute Gasteiger partial charge is 0.261 e. The van der Waals surface area contributed by atoms with Crippen molar-refractivity contribution in [2.75, 3.05) is 0 Å². The normalized spacial score (nSPS) is 10.2. The van der Waals surface area contributed by atoms with E-state index < -0.39 is 0 Å². The van der Waals surface area contributed by atoms with Gasteiger partial charge in [0.1, 0.15) is 5.82 Å². The van der Waals surface area contributed by atoms with E-state index in [0.29, 0.717) is 17.0 Å². The Hall–Kier alpha value is -1.68. The second-order valence-electron chi connectivity index (χ2n) is 3.74. The molecule has 2 rings (SSSR count). The summed E-state index contributed by atoms with van der Waals surface area (Å²) in [6.07, 6.45) is 0. The molecule has 1 amide bonds. The molecule has 2 nitrogen and oxygen atoms in total. The fraction of sp³-hybridized carbons (Fsp3) is 0.154. The number of nitrogens with one attached hydrogen (secondary N) is 1. The first-order chi connectivity index (χ1) is 8.16. The molecule has 0 aliphatic heterocycles. The van der Waals surface area contributed by atoms with E-state index in [9.17, 15) is 9.18 Å². The Morgan fingerprint density at radius 3 is 2.88 bits per heavy atom. The molecular weight excluding hydrogens is 237 g/mol. The van der Waals surface area contributed by atoms with E-state index >= 15 is 0 Å². The van der Waals surface area contributed by atoms with Gasteiger partial charge in [-0.2, -0.15) is 0 Å². The van der Waals surface area contributed by atoms with Crippen LogP contribution in [0.2, 0.25) is 0 Å². The molecule has 2 aromatic rings. The van der Waals surface area contributed by atoms with Gasteiger partial charge in [0.2, 0.25) is 0 Å². The Kier molecular flexibility index (Phi) is 3.54. The lowest BCUT2D eigenvalue weighted by atomic mass is 10.1. The summed E-state index contributed by atoms with van der Waals surface area (Å²) in [4.78, 5) is 12.3. The van der Waals surface area contributed by atoms with Crippen molar-refractivity contribution in [3.63, 3.8) is 0 Å². The van der Waals surface area contributed by atoms with Gasteiger partial charge >= 0.3 is 0 Å². The fourth-order valence-electron chi connectivity index (χ4n) is 1.49. The van der Waals surface area contributed by atoms with Crippen molar-refractivity contribution in [3.8, 4) is 0 Å². The molecule has 0 aliphatic rings. The SMILES string of the molecule is Cc1cc(CNC(=O)c2cccs2)ccc1F. The monoisotopic (exact) mass is 249 g/mol. The number of amides is 1. The molecular formula is C13H12FNOS. The summed E-state index contributed by atoms with van der Waals surface area (Å²) in [5.74, 6) is -0.319. The molecule has 4 heteroatoms. The van der Waals surface area contributed by atoms with Gasteiger partial charge in [-0.1, -0.05) is 18.2 Å². The van der Waals surface area contributed by atoms with Crippen LogP contribution in [0.1, 0.15) is 20.8 Å². The zero-order valence-corrected chi connectivity index (χ0v) is 10.2. The first-order valence-electron chi connectivity index (χ1n) is 5.23. The maximum Gasteiger partial charge on any atom is 0.261 e. The molecule has 1 aromatic carbocycles. The molecule has 0 saturated heterocycles. The van der Waals surface area contributed by atoms with Crippen molar-refractivity contribution in [2.45, 2.75) is 13.5 Å². The van der Waals surface area contributed by atoms with Gasteiger partial charge < -0.3 is 5.32 Å². The van der Waals surface area contributed by atoms with E-state index in [1.54, 1.807) is 25.1 Å². The number of carbonyl (C=O) groups excluding carboxylic acids is 1. The van der Waals surface area contributed by atoms with Gasteiger partial charge in [0.25, 0.3) is 5.91 Å². The largest absolute Gasteiger partial charge is 0.347 e. The molecule has 0 aliphatic carbocycles. The van der Waals surface area contributed by atoms with Crippen molar-refractivity contribution in [2.24, 2.45) is 0 Å². The molecule has 17 heavy (non-hydrogen) atoms. The third kappa shape index (κ3) is 2.91. The summed E-state index contributed by atoms with van der Waals surface area (Å²) in [7, 11) is 0. The van der Waals surface area contributed by atoms with E-state index in [4.69, 9.17) is 0 Å². The number of aryl methyl sites for hydroxylation is 1. The second kappa shape index (κ2) is 5.10. The molecule has 0 fully saturated rings. The Labute approximate surface area is 103 Å². The number of rotatable bonds is 3. The quantitative estimate of drug-likeness (QED) is 0.889. The van der Waals surface area contributed by atoms with E-state index in [1.165, 1.54) is 17.4 Å². The average Bonchev–Trinajstić information content (AvgIpc) is 2.84. The number of hydrogen-bond donors (Lipinski definition) is 1. The molecule has 1 heterocycles. The van der Waals surface area contributed by atoms with Gasteiger partial charge in [-0.15, -0.1) is 11.3 Å². The second-order valence-corrected chi connectivity index (χ2v) is 4.69. The maximum atomic E-state index is 13.0. The molecule has 88 valence electrons. The highest BCUT2D eigenvalue weighted by molar-refractivity contribution is 7.12. The van der Waals surface area contributed by atoms with Crippen LogP contribution in [0.3, 0.4) is 0 Å². The minimum absolute atomic E-state index is 0.0954. The summed E-state index contributed by atoms with van der Waals surface area (Å²) >= 11 is 1.40. The van der Waals surface area contributed by atoms with E-state index in [2.05, 4.69) is 5.32 Å². The van der Waals surface area contributed by atoms with E-state index in [1.807, 2.05) is 11.4 Å². The minimum Gasteiger partial charge on any atom is -0.347 e. The number of carbonyl (C=O) groups is 1. The highest BCUT2D eigenvalue weighted by Gasteiger charge is 2.06. The van der Waals surface area contributed by atoms with Gasteiger partial charge in [-0.05, 0) is 35.6 Å². The van der Waals surface area contributed by atoms with Crippen molar-refractivity contribution < 1.29 is 9.18 Å². The Morgan fingerprint density at radius 2 is 2.24 bits per heavy atom. The topological polar surface area (TPSA) is 29.1 Å². The summed E-state index contributed by atoms with van der Waals surface area (Å²) in [5.41, 5.74) is 1.49. The van der Waals surface area contributed by atoms with Gasteiger partial charge in [0.05, 0.1) is 4.88 Å². The summed E-state index contributed by atoms with van der Waals surface area (Å²) in [5, 5.41) is 4.66. The van der Waals surface area contributed by atoms with Gasteiger partial charge in [0.15, 0.2) is 0 Å². The van der Waals surface area contributed by atoms with Crippen molar-refractivity contribution in [1.82, 2.24) is 5.32 Å². The predicted molar refractivity (Wildman–Crippen MR) is 66.6 cm³/mol. The molecule has 1 N–H and O–H groups in total. The van der Waals surface area contributed by atoms with Crippen LogP contribution in [0, 0.1) is 12.7 Å². The molecule has 0 radical (unpaired) electrons. The number of benzene rings is 1. The summed E-state index contributed by atoms with van der Waals surface area (Å²) in [6.45, 7) is 2.12. The van der Waals surface area contributed by atoms with Gasteiger partial charge in [-0.3, -0.25) is 4.79 Å². The third-order valence-electron chi connectivity index (χ3n) is 2.42. The Morgan fingerprint density at radius 1 is 1.41 bits per heavy atom. The molecule has 0 spiro atoms. The first-order valence-corrected chi connectivity index (χ1v) is 6.11. The van der Waals surface area contributed by atoms with Crippen LogP contribution < -0.4 is 5.32 Å². The zero-order chi connectivity index (χ0) is 12.3. The van der Waals surface area contributed by atoms with Crippen molar-refractivity contribution >= 4 is 17.2 Å². The number of thiophene rings is 1.